The number of morpholine rings is 1. The molecule has 0 bridgehead atoms. The first-order chi connectivity index (χ1) is 8.74. The van der Waals surface area contributed by atoms with Crippen LogP contribution in [0.2, 0.25) is 5.02 Å². The van der Waals surface area contributed by atoms with Crippen molar-refractivity contribution >= 4 is 23.2 Å². The van der Waals surface area contributed by atoms with Crippen LogP contribution >= 0.6 is 11.6 Å². The Labute approximate surface area is 111 Å². The Morgan fingerprint density at radius 2 is 2.22 bits per heavy atom. The van der Waals surface area contributed by atoms with Gasteiger partial charge in [-0.1, -0.05) is 23.7 Å². The normalized spacial score (nSPS) is 20.2. The summed E-state index contributed by atoms with van der Waals surface area (Å²) in [6.07, 6.45) is 0.630. The van der Waals surface area contributed by atoms with Crippen LogP contribution in [0, 0.1) is 0 Å². The van der Waals surface area contributed by atoms with Crippen LogP contribution in [0.1, 0.15) is 12.8 Å². The van der Waals surface area contributed by atoms with Crippen LogP contribution in [0.5, 0.6) is 0 Å². The molecule has 0 aliphatic carbocycles. The SMILES string of the molecule is O=C1C(CCCO)OCCN1c1ccccc1Cl. The minimum atomic E-state index is -0.470. The van der Waals surface area contributed by atoms with Gasteiger partial charge in [-0.3, -0.25) is 4.79 Å². The van der Waals surface area contributed by atoms with Gasteiger partial charge in [0.2, 0.25) is 0 Å². The van der Waals surface area contributed by atoms with E-state index in [0.29, 0.717) is 31.0 Å². The molecule has 1 amide bonds. The molecule has 1 atom stereocenters. The first-order valence-electron chi connectivity index (χ1n) is 6.02. The molecule has 1 saturated heterocycles. The van der Waals surface area contributed by atoms with Gasteiger partial charge in [0.05, 0.1) is 17.3 Å². The third-order valence-corrected chi connectivity index (χ3v) is 3.26. The Balaban J connectivity index is 2.14. The van der Waals surface area contributed by atoms with Crippen LogP contribution in [0.15, 0.2) is 24.3 Å². The van der Waals surface area contributed by atoms with Gasteiger partial charge in [0, 0.05) is 13.2 Å². The van der Waals surface area contributed by atoms with Crippen molar-refractivity contribution in [3.05, 3.63) is 29.3 Å². The standard InChI is InChI=1S/C13H16ClNO3/c14-10-4-1-2-5-11(10)15-7-9-18-12(13(15)17)6-3-8-16/h1-2,4-5,12,16H,3,6-9H2. The van der Waals surface area contributed by atoms with Gasteiger partial charge in [-0.15, -0.1) is 0 Å². The van der Waals surface area contributed by atoms with E-state index in [9.17, 15) is 4.79 Å². The molecule has 4 nitrogen and oxygen atoms in total. The van der Waals surface area contributed by atoms with Crippen LogP contribution in [0.4, 0.5) is 5.69 Å². The van der Waals surface area contributed by atoms with Crippen molar-refractivity contribution in [1.29, 1.82) is 0 Å². The number of carbonyl (C=O) groups excluding carboxylic acids is 1. The lowest BCUT2D eigenvalue weighted by Gasteiger charge is -2.32. The highest BCUT2D eigenvalue weighted by Gasteiger charge is 2.30. The van der Waals surface area contributed by atoms with Gasteiger partial charge in [0.15, 0.2) is 0 Å². The predicted octanol–water partition coefficient (Wildman–Crippen LogP) is 1.84. The number of rotatable bonds is 4. The maximum Gasteiger partial charge on any atom is 0.256 e. The molecule has 0 saturated carbocycles. The Morgan fingerprint density at radius 3 is 2.94 bits per heavy atom. The van der Waals surface area contributed by atoms with Gasteiger partial charge in [0.1, 0.15) is 6.10 Å². The smallest absolute Gasteiger partial charge is 0.256 e. The molecule has 1 aliphatic rings. The van der Waals surface area contributed by atoms with Crippen molar-refractivity contribution in [1.82, 2.24) is 0 Å². The summed E-state index contributed by atoms with van der Waals surface area (Å²) in [5.74, 6) is -0.0807. The molecule has 0 radical (unpaired) electrons. The van der Waals surface area contributed by atoms with E-state index in [-0.39, 0.29) is 12.5 Å². The van der Waals surface area contributed by atoms with Crippen LogP contribution in [0.3, 0.4) is 0 Å². The fourth-order valence-corrected chi connectivity index (χ4v) is 2.27. The minimum Gasteiger partial charge on any atom is -0.396 e. The number of aliphatic hydroxyl groups excluding tert-OH is 1. The molecule has 0 aromatic heterocycles. The molecule has 5 heteroatoms. The highest BCUT2D eigenvalue weighted by Crippen LogP contribution is 2.28. The Kier molecular flexibility index (Phi) is 4.58. The fourth-order valence-electron chi connectivity index (χ4n) is 2.03. The fraction of sp³-hybridized carbons (Fsp3) is 0.462. The quantitative estimate of drug-likeness (QED) is 0.907. The Hall–Kier alpha value is -1.10. The summed E-state index contributed by atoms with van der Waals surface area (Å²) in [6.45, 7) is 1.07. The Bertz CT molecular complexity index is 424. The van der Waals surface area contributed by atoms with E-state index in [1.807, 2.05) is 18.2 Å². The number of anilines is 1. The number of carbonyl (C=O) groups is 1. The lowest BCUT2D eigenvalue weighted by Crippen LogP contribution is -2.48. The van der Waals surface area contributed by atoms with Crippen molar-refractivity contribution in [3.63, 3.8) is 0 Å². The second-order valence-electron chi connectivity index (χ2n) is 4.17. The largest absolute Gasteiger partial charge is 0.396 e. The summed E-state index contributed by atoms with van der Waals surface area (Å²) >= 11 is 6.10. The van der Waals surface area contributed by atoms with Gasteiger partial charge in [-0.2, -0.15) is 0 Å². The number of nitrogens with zero attached hydrogens (tertiary/aromatic N) is 1. The number of hydrogen-bond donors (Lipinski definition) is 1. The third-order valence-electron chi connectivity index (χ3n) is 2.94. The molecule has 1 unspecified atom stereocenters. The van der Waals surface area contributed by atoms with E-state index in [1.54, 1.807) is 11.0 Å². The summed E-state index contributed by atoms with van der Waals surface area (Å²) in [5, 5.41) is 9.37. The maximum atomic E-state index is 12.2. The number of aliphatic hydroxyl groups is 1. The van der Waals surface area contributed by atoms with E-state index in [2.05, 4.69) is 0 Å². The second kappa shape index (κ2) is 6.18. The average Bonchev–Trinajstić information content (AvgIpc) is 2.39. The third kappa shape index (κ3) is 2.83. The zero-order chi connectivity index (χ0) is 13.0. The second-order valence-corrected chi connectivity index (χ2v) is 4.57. The number of para-hydroxylation sites is 1. The molecule has 2 rings (SSSR count). The summed E-state index contributed by atoms with van der Waals surface area (Å²) in [7, 11) is 0. The van der Waals surface area contributed by atoms with Crippen molar-refractivity contribution in [2.45, 2.75) is 18.9 Å². The molecule has 98 valence electrons. The molecule has 1 aromatic rings. The van der Waals surface area contributed by atoms with Gasteiger partial charge in [0.25, 0.3) is 5.91 Å². The number of halogens is 1. The van der Waals surface area contributed by atoms with Crippen molar-refractivity contribution in [2.24, 2.45) is 0 Å². The highest BCUT2D eigenvalue weighted by atomic mass is 35.5. The molecule has 18 heavy (non-hydrogen) atoms. The van der Waals surface area contributed by atoms with E-state index in [4.69, 9.17) is 21.4 Å². The molecule has 1 fully saturated rings. The van der Waals surface area contributed by atoms with E-state index < -0.39 is 6.10 Å². The topological polar surface area (TPSA) is 49.8 Å². The molecule has 0 spiro atoms. The maximum absolute atomic E-state index is 12.2. The van der Waals surface area contributed by atoms with Gasteiger partial charge in [-0.05, 0) is 25.0 Å². The van der Waals surface area contributed by atoms with Gasteiger partial charge in [-0.25, -0.2) is 0 Å². The lowest BCUT2D eigenvalue weighted by atomic mass is 10.1. The molecule has 1 heterocycles. The van der Waals surface area contributed by atoms with Crippen molar-refractivity contribution in [2.75, 3.05) is 24.7 Å². The van der Waals surface area contributed by atoms with E-state index in [0.717, 1.165) is 5.69 Å². The van der Waals surface area contributed by atoms with Crippen LogP contribution < -0.4 is 4.90 Å². The zero-order valence-electron chi connectivity index (χ0n) is 10.0. The summed E-state index contributed by atoms with van der Waals surface area (Å²) in [4.78, 5) is 13.9. The number of ether oxygens (including phenoxy) is 1. The lowest BCUT2D eigenvalue weighted by molar-refractivity contribution is -0.134. The average molecular weight is 270 g/mol. The van der Waals surface area contributed by atoms with Crippen molar-refractivity contribution < 1.29 is 14.6 Å². The summed E-state index contributed by atoms with van der Waals surface area (Å²) in [6, 6.07) is 7.28. The molecular formula is C13H16ClNO3. The Morgan fingerprint density at radius 1 is 1.44 bits per heavy atom. The van der Waals surface area contributed by atoms with Gasteiger partial charge >= 0.3 is 0 Å². The first kappa shape index (κ1) is 13.3. The first-order valence-corrected chi connectivity index (χ1v) is 6.40. The number of hydrogen-bond acceptors (Lipinski definition) is 3. The van der Waals surface area contributed by atoms with Crippen LogP contribution in [0.25, 0.3) is 0 Å². The zero-order valence-corrected chi connectivity index (χ0v) is 10.8. The molecule has 1 N–H and O–H groups in total. The van der Waals surface area contributed by atoms with E-state index >= 15 is 0 Å². The molecule has 1 aliphatic heterocycles. The number of benzene rings is 1. The van der Waals surface area contributed by atoms with Crippen LogP contribution in [-0.2, 0) is 9.53 Å². The van der Waals surface area contributed by atoms with Crippen LogP contribution in [-0.4, -0.2) is 36.9 Å². The molecule has 1 aromatic carbocycles. The minimum absolute atomic E-state index is 0.0687. The summed E-state index contributed by atoms with van der Waals surface area (Å²) in [5.41, 5.74) is 0.724. The monoisotopic (exact) mass is 269 g/mol. The predicted molar refractivity (Wildman–Crippen MR) is 69.9 cm³/mol. The highest BCUT2D eigenvalue weighted by molar-refractivity contribution is 6.33. The summed E-state index contributed by atoms with van der Waals surface area (Å²) < 4.78 is 5.44. The van der Waals surface area contributed by atoms with Crippen molar-refractivity contribution in [3.8, 4) is 0 Å². The number of amides is 1. The molecular weight excluding hydrogens is 254 g/mol. The van der Waals surface area contributed by atoms with E-state index in [1.165, 1.54) is 0 Å². The van der Waals surface area contributed by atoms with Gasteiger partial charge < -0.3 is 14.7 Å².